The van der Waals surface area contributed by atoms with Crippen molar-refractivity contribution in [1.82, 2.24) is 4.98 Å². The number of rotatable bonds is 4. The molecule has 0 aliphatic rings. The molecule has 0 fully saturated rings. The molecule has 4 nitrogen and oxygen atoms in total. The minimum absolute atomic E-state index is 0.172. The highest BCUT2D eigenvalue weighted by Crippen LogP contribution is 2.33. The Kier molecular flexibility index (Phi) is 5.50. The van der Waals surface area contributed by atoms with E-state index in [1.807, 2.05) is 79.7 Å². The molecule has 0 radical (unpaired) electrons. The van der Waals surface area contributed by atoms with Crippen LogP contribution in [0.4, 0.5) is 11.5 Å². The molecule has 30 heavy (non-hydrogen) atoms. The number of hydrogen-bond donors (Lipinski definition) is 2. The molecule has 0 unspecified atom stereocenters. The Labute approximate surface area is 180 Å². The number of nitrogen functional groups attached to an aromatic ring is 1. The number of anilines is 2. The summed E-state index contributed by atoms with van der Waals surface area (Å²) in [5.74, 6) is -0.140. The van der Waals surface area contributed by atoms with Gasteiger partial charge in [-0.05, 0) is 42.8 Å². The first kappa shape index (κ1) is 19.7. The summed E-state index contributed by atoms with van der Waals surface area (Å²) in [6.07, 6.45) is 0. The molecule has 5 heteroatoms. The van der Waals surface area contributed by atoms with Crippen molar-refractivity contribution in [2.24, 2.45) is 0 Å². The lowest BCUT2D eigenvalue weighted by molar-refractivity contribution is 0.102. The van der Waals surface area contributed by atoms with Crippen LogP contribution in [-0.2, 0) is 0 Å². The van der Waals surface area contributed by atoms with E-state index in [-0.39, 0.29) is 11.7 Å². The van der Waals surface area contributed by atoms with Crippen molar-refractivity contribution in [3.8, 4) is 22.4 Å². The van der Waals surface area contributed by atoms with E-state index < -0.39 is 0 Å². The van der Waals surface area contributed by atoms with Crippen molar-refractivity contribution in [2.45, 2.75) is 6.92 Å². The molecule has 1 amide bonds. The fourth-order valence-corrected chi connectivity index (χ4v) is 3.37. The maximum absolute atomic E-state index is 13.2. The van der Waals surface area contributed by atoms with Crippen LogP contribution in [-0.4, -0.2) is 10.9 Å². The fourth-order valence-electron chi connectivity index (χ4n) is 3.25. The first-order valence-electron chi connectivity index (χ1n) is 9.51. The molecule has 0 saturated carbocycles. The van der Waals surface area contributed by atoms with Gasteiger partial charge in [-0.1, -0.05) is 71.8 Å². The first-order valence-corrected chi connectivity index (χ1v) is 9.89. The minimum atomic E-state index is -0.312. The van der Waals surface area contributed by atoms with E-state index in [0.29, 0.717) is 27.5 Å². The van der Waals surface area contributed by atoms with Crippen molar-refractivity contribution in [2.75, 3.05) is 11.1 Å². The van der Waals surface area contributed by atoms with Crippen LogP contribution in [0.15, 0.2) is 84.9 Å². The lowest BCUT2D eigenvalue weighted by Gasteiger charge is -2.15. The zero-order valence-corrected chi connectivity index (χ0v) is 17.1. The van der Waals surface area contributed by atoms with Crippen LogP contribution in [0.3, 0.4) is 0 Å². The van der Waals surface area contributed by atoms with Crippen molar-refractivity contribution >= 4 is 29.0 Å². The lowest BCUT2D eigenvalue weighted by atomic mass is 9.97. The van der Waals surface area contributed by atoms with Crippen LogP contribution in [0, 0.1) is 6.92 Å². The van der Waals surface area contributed by atoms with Crippen molar-refractivity contribution in [1.29, 1.82) is 0 Å². The summed E-state index contributed by atoms with van der Waals surface area (Å²) in [5.41, 5.74) is 11.6. The minimum Gasteiger partial charge on any atom is -0.383 e. The van der Waals surface area contributed by atoms with Gasteiger partial charge in [0.15, 0.2) is 0 Å². The van der Waals surface area contributed by atoms with E-state index in [9.17, 15) is 4.79 Å². The third-order valence-corrected chi connectivity index (χ3v) is 5.06. The Balaban J connectivity index is 1.82. The molecule has 148 valence electrons. The highest BCUT2D eigenvalue weighted by atomic mass is 35.5. The number of nitrogens with one attached hydrogen (secondary N) is 1. The highest BCUT2D eigenvalue weighted by molar-refractivity contribution is 6.30. The molecular formula is C25H20ClN3O. The van der Waals surface area contributed by atoms with Gasteiger partial charge in [-0.15, -0.1) is 0 Å². The number of carbonyl (C=O) groups is 1. The number of aromatic nitrogens is 1. The van der Waals surface area contributed by atoms with Gasteiger partial charge in [0.1, 0.15) is 5.82 Å². The van der Waals surface area contributed by atoms with Gasteiger partial charge in [0, 0.05) is 21.8 Å². The van der Waals surface area contributed by atoms with Gasteiger partial charge < -0.3 is 11.1 Å². The number of nitrogens with two attached hydrogens (primary N) is 1. The van der Waals surface area contributed by atoms with E-state index in [1.54, 1.807) is 12.1 Å². The van der Waals surface area contributed by atoms with Crippen molar-refractivity contribution < 1.29 is 4.79 Å². The number of pyridine rings is 1. The standard InChI is InChI=1S/C25H20ClN3O/c1-16-7-13-20(14-8-16)28-25(30)23-21(17-9-11-19(26)12-10-17)15-22(29-24(23)27)18-5-3-2-4-6-18/h2-15H,1H3,(H2,27,29)(H,28,30). The zero-order chi connectivity index (χ0) is 21.1. The molecule has 0 atom stereocenters. The fraction of sp³-hybridized carbons (Fsp3) is 0.0400. The smallest absolute Gasteiger partial charge is 0.260 e. The maximum Gasteiger partial charge on any atom is 0.260 e. The van der Waals surface area contributed by atoms with Gasteiger partial charge in [0.05, 0.1) is 11.3 Å². The molecule has 0 saturated heterocycles. The highest BCUT2D eigenvalue weighted by Gasteiger charge is 2.20. The van der Waals surface area contributed by atoms with Crippen LogP contribution in [0.2, 0.25) is 5.02 Å². The zero-order valence-electron chi connectivity index (χ0n) is 16.4. The van der Waals surface area contributed by atoms with Crippen molar-refractivity contribution in [3.05, 3.63) is 101 Å². The van der Waals surface area contributed by atoms with E-state index in [1.165, 1.54) is 0 Å². The molecule has 0 aliphatic carbocycles. The number of nitrogens with zero attached hydrogens (tertiary/aromatic N) is 1. The Hall–Kier alpha value is -3.63. The normalized spacial score (nSPS) is 10.6. The molecule has 4 rings (SSSR count). The SMILES string of the molecule is Cc1ccc(NC(=O)c2c(-c3ccc(Cl)cc3)cc(-c3ccccc3)nc2N)cc1. The number of benzene rings is 3. The number of aryl methyl sites for hydroxylation is 1. The average molecular weight is 414 g/mol. The predicted octanol–water partition coefficient (Wildman–Crippen LogP) is 6.21. The van der Waals surface area contributed by atoms with Gasteiger partial charge in [-0.3, -0.25) is 4.79 Å². The average Bonchev–Trinajstić information content (AvgIpc) is 2.76. The number of amides is 1. The summed E-state index contributed by atoms with van der Waals surface area (Å²) < 4.78 is 0. The summed E-state index contributed by atoms with van der Waals surface area (Å²) >= 11 is 6.06. The lowest BCUT2D eigenvalue weighted by Crippen LogP contribution is -2.16. The molecule has 0 bridgehead atoms. The van der Waals surface area contributed by atoms with Crippen LogP contribution in [0.25, 0.3) is 22.4 Å². The summed E-state index contributed by atoms with van der Waals surface area (Å²) in [4.78, 5) is 17.7. The number of hydrogen-bond acceptors (Lipinski definition) is 3. The molecule has 0 spiro atoms. The van der Waals surface area contributed by atoms with Crippen LogP contribution in [0.5, 0.6) is 0 Å². The molecule has 1 aromatic heterocycles. The quantitative estimate of drug-likeness (QED) is 0.417. The second-order valence-electron chi connectivity index (χ2n) is 7.01. The van der Waals surface area contributed by atoms with Crippen molar-refractivity contribution in [3.63, 3.8) is 0 Å². The molecule has 1 heterocycles. The van der Waals surface area contributed by atoms with Gasteiger partial charge in [-0.2, -0.15) is 0 Å². The van der Waals surface area contributed by atoms with Crippen LogP contribution < -0.4 is 11.1 Å². The van der Waals surface area contributed by atoms with Crippen LogP contribution >= 0.6 is 11.6 Å². The maximum atomic E-state index is 13.2. The van der Waals surface area contributed by atoms with Crippen LogP contribution in [0.1, 0.15) is 15.9 Å². The Morgan fingerprint density at radius 1 is 0.900 bits per heavy atom. The summed E-state index contributed by atoms with van der Waals surface area (Å²) in [6.45, 7) is 1.99. The Morgan fingerprint density at radius 3 is 2.23 bits per heavy atom. The molecule has 0 aliphatic heterocycles. The topological polar surface area (TPSA) is 68.0 Å². The van der Waals surface area contributed by atoms with E-state index >= 15 is 0 Å². The molecular weight excluding hydrogens is 394 g/mol. The molecule has 3 aromatic carbocycles. The Bertz CT molecular complexity index is 1190. The monoisotopic (exact) mass is 413 g/mol. The van der Waals surface area contributed by atoms with Gasteiger partial charge >= 0.3 is 0 Å². The summed E-state index contributed by atoms with van der Waals surface area (Å²) in [6, 6.07) is 26.5. The van der Waals surface area contributed by atoms with Gasteiger partial charge in [0.25, 0.3) is 5.91 Å². The Morgan fingerprint density at radius 2 is 1.57 bits per heavy atom. The van der Waals surface area contributed by atoms with E-state index in [2.05, 4.69) is 10.3 Å². The largest absolute Gasteiger partial charge is 0.383 e. The number of carbonyl (C=O) groups excluding carboxylic acids is 1. The van der Waals surface area contributed by atoms with Gasteiger partial charge in [-0.25, -0.2) is 4.98 Å². The number of halogens is 1. The summed E-state index contributed by atoms with van der Waals surface area (Å²) in [5, 5.41) is 3.54. The predicted molar refractivity (Wildman–Crippen MR) is 124 cm³/mol. The first-order chi connectivity index (χ1) is 14.5. The van der Waals surface area contributed by atoms with E-state index in [4.69, 9.17) is 17.3 Å². The third-order valence-electron chi connectivity index (χ3n) is 4.81. The molecule has 3 N–H and O–H groups in total. The second kappa shape index (κ2) is 8.39. The third kappa shape index (κ3) is 4.19. The summed E-state index contributed by atoms with van der Waals surface area (Å²) in [7, 11) is 0. The van der Waals surface area contributed by atoms with E-state index in [0.717, 1.165) is 16.7 Å². The second-order valence-corrected chi connectivity index (χ2v) is 7.44. The molecule has 4 aromatic rings. The van der Waals surface area contributed by atoms with Gasteiger partial charge in [0.2, 0.25) is 0 Å².